The lowest BCUT2D eigenvalue weighted by Gasteiger charge is -2.19. The first kappa shape index (κ1) is 7.56. The molecule has 0 aromatic heterocycles. The van der Waals surface area contributed by atoms with Gasteiger partial charge in [0.1, 0.15) is 11.4 Å². The molecule has 68 valence electrons. The fourth-order valence-electron chi connectivity index (χ4n) is 1.63. The third kappa shape index (κ3) is 1.08. The van der Waals surface area contributed by atoms with Crippen LogP contribution in [0.5, 0.6) is 5.75 Å². The Bertz CT molecular complexity index is 469. The quantitative estimate of drug-likeness (QED) is 0.605. The molecule has 0 N–H and O–H groups in total. The van der Waals surface area contributed by atoms with E-state index in [9.17, 15) is 0 Å². The summed E-state index contributed by atoms with van der Waals surface area (Å²) in [5.74, 6) is 1.73. The molecule has 3 rings (SSSR count). The average molecular weight is 183 g/mol. The second kappa shape index (κ2) is 2.84. The molecule has 2 heteroatoms. The molecular weight excluding hydrogens is 174 g/mol. The number of rotatable bonds is 0. The SMILES string of the molecule is C1=CCC2=Nc3ccccc3OC2=C1. The summed E-state index contributed by atoms with van der Waals surface area (Å²) in [6.07, 6.45) is 6.90. The number of aliphatic imine (C=N–C) groups is 1. The van der Waals surface area contributed by atoms with Gasteiger partial charge in [-0.2, -0.15) is 0 Å². The van der Waals surface area contributed by atoms with Crippen LogP contribution in [0.4, 0.5) is 5.69 Å². The van der Waals surface area contributed by atoms with E-state index in [-0.39, 0.29) is 0 Å². The van der Waals surface area contributed by atoms with Crippen molar-refractivity contribution in [3.8, 4) is 5.75 Å². The second-order valence-electron chi connectivity index (χ2n) is 3.29. The van der Waals surface area contributed by atoms with Crippen molar-refractivity contribution >= 4 is 11.4 Å². The Labute approximate surface area is 82.2 Å². The number of allylic oxidation sites excluding steroid dienone is 4. The first-order chi connectivity index (χ1) is 6.93. The van der Waals surface area contributed by atoms with Gasteiger partial charge in [0, 0.05) is 6.42 Å². The highest BCUT2D eigenvalue weighted by molar-refractivity contribution is 6.04. The van der Waals surface area contributed by atoms with E-state index >= 15 is 0 Å². The lowest BCUT2D eigenvalue weighted by atomic mass is 10.1. The van der Waals surface area contributed by atoms with Crippen LogP contribution in [0.25, 0.3) is 0 Å². The van der Waals surface area contributed by atoms with Crippen LogP contribution in [0.1, 0.15) is 6.42 Å². The maximum absolute atomic E-state index is 5.71. The minimum absolute atomic E-state index is 0.845. The van der Waals surface area contributed by atoms with Gasteiger partial charge in [0.25, 0.3) is 0 Å². The van der Waals surface area contributed by atoms with E-state index in [1.165, 1.54) is 0 Å². The standard InChI is InChI=1S/C12H9NO/c1-3-7-11-9(5-1)13-10-6-2-4-8-12(10)14-11/h1-5,7-8H,6H2. The van der Waals surface area contributed by atoms with Crippen molar-refractivity contribution in [1.82, 2.24) is 0 Å². The third-order valence-electron chi connectivity index (χ3n) is 2.32. The number of fused-ring (bicyclic) bond motifs is 2. The molecule has 1 aromatic carbocycles. The van der Waals surface area contributed by atoms with Crippen LogP contribution in [0.2, 0.25) is 0 Å². The molecule has 2 aliphatic rings. The van der Waals surface area contributed by atoms with Gasteiger partial charge in [-0.1, -0.05) is 24.3 Å². The van der Waals surface area contributed by atoms with Crippen LogP contribution < -0.4 is 4.74 Å². The van der Waals surface area contributed by atoms with Gasteiger partial charge in [-0.05, 0) is 18.2 Å². The van der Waals surface area contributed by atoms with E-state index in [4.69, 9.17) is 4.74 Å². The van der Waals surface area contributed by atoms with Crippen LogP contribution in [0, 0.1) is 0 Å². The molecule has 0 radical (unpaired) electrons. The topological polar surface area (TPSA) is 21.6 Å². The lowest BCUT2D eigenvalue weighted by molar-refractivity contribution is 0.448. The molecule has 1 aliphatic heterocycles. The predicted octanol–water partition coefficient (Wildman–Crippen LogP) is 3.00. The van der Waals surface area contributed by atoms with Crippen molar-refractivity contribution < 1.29 is 4.74 Å². The Kier molecular flexibility index (Phi) is 1.53. The van der Waals surface area contributed by atoms with E-state index in [1.54, 1.807) is 0 Å². The van der Waals surface area contributed by atoms with E-state index in [0.717, 1.165) is 29.3 Å². The van der Waals surface area contributed by atoms with Crippen LogP contribution >= 0.6 is 0 Å². The maximum atomic E-state index is 5.71. The molecule has 0 unspecified atom stereocenters. The van der Waals surface area contributed by atoms with Crippen LogP contribution in [0.15, 0.2) is 53.2 Å². The molecule has 1 aromatic rings. The number of benzene rings is 1. The average Bonchev–Trinajstić information content (AvgIpc) is 2.26. The molecule has 0 saturated heterocycles. The molecule has 0 amide bonds. The first-order valence-corrected chi connectivity index (χ1v) is 4.65. The van der Waals surface area contributed by atoms with Gasteiger partial charge >= 0.3 is 0 Å². The van der Waals surface area contributed by atoms with E-state index in [2.05, 4.69) is 11.1 Å². The number of ether oxygens (including phenoxy) is 1. The monoisotopic (exact) mass is 183 g/mol. The summed E-state index contributed by atoms with van der Waals surface area (Å²) in [4.78, 5) is 4.54. The third-order valence-corrected chi connectivity index (χ3v) is 2.32. The van der Waals surface area contributed by atoms with Gasteiger partial charge < -0.3 is 4.74 Å². The zero-order chi connectivity index (χ0) is 9.38. The summed E-state index contributed by atoms with van der Waals surface area (Å²) in [6.45, 7) is 0. The van der Waals surface area contributed by atoms with Crippen molar-refractivity contribution in [2.75, 3.05) is 0 Å². The fourth-order valence-corrected chi connectivity index (χ4v) is 1.63. The minimum Gasteiger partial charge on any atom is -0.453 e. The Morgan fingerprint density at radius 3 is 3.14 bits per heavy atom. The Morgan fingerprint density at radius 1 is 1.21 bits per heavy atom. The molecule has 14 heavy (non-hydrogen) atoms. The largest absolute Gasteiger partial charge is 0.453 e. The Morgan fingerprint density at radius 2 is 2.14 bits per heavy atom. The zero-order valence-electron chi connectivity index (χ0n) is 7.60. The van der Waals surface area contributed by atoms with E-state index in [1.807, 2.05) is 36.4 Å². The highest BCUT2D eigenvalue weighted by Gasteiger charge is 2.18. The summed E-state index contributed by atoms with van der Waals surface area (Å²) in [6, 6.07) is 7.84. The summed E-state index contributed by atoms with van der Waals surface area (Å²) in [5, 5.41) is 0. The van der Waals surface area contributed by atoms with Crippen molar-refractivity contribution in [1.29, 1.82) is 0 Å². The highest BCUT2D eigenvalue weighted by Crippen LogP contribution is 2.34. The molecule has 0 bridgehead atoms. The van der Waals surface area contributed by atoms with Gasteiger partial charge in [-0.15, -0.1) is 0 Å². The number of nitrogens with zero attached hydrogens (tertiary/aromatic N) is 1. The second-order valence-corrected chi connectivity index (χ2v) is 3.29. The van der Waals surface area contributed by atoms with Crippen LogP contribution in [-0.2, 0) is 0 Å². The van der Waals surface area contributed by atoms with Crippen LogP contribution in [0.3, 0.4) is 0 Å². The van der Waals surface area contributed by atoms with Crippen LogP contribution in [-0.4, -0.2) is 5.71 Å². The predicted molar refractivity (Wildman–Crippen MR) is 56.0 cm³/mol. The fraction of sp³-hybridized carbons (Fsp3) is 0.0833. The summed E-state index contributed by atoms with van der Waals surface area (Å²) in [5.41, 5.74) is 1.95. The van der Waals surface area contributed by atoms with E-state index < -0.39 is 0 Å². The normalized spacial score (nSPS) is 17.4. The van der Waals surface area contributed by atoms with Gasteiger partial charge in [-0.3, -0.25) is 0 Å². The minimum atomic E-state index is 0.845. The number of hydrogen-bond acceptors (Lipinski definition) is 2. The summed E-state index contributed by atoms with van der Waals surface area (Å²) in [7, 11) is 0. The van der Waals surface area contributed by atoms with Gasteiger partial charge in [0.15, 0.2) is 5.75 Å². The number of para-hydroxylation sites is 2. The summed E-state index contributed by atoms with van der Waals surface area (Å²) < 4.78 is 5.71. The van der Waals surface area contributed by atoms with E-state index in [0.29, 0.717) is 0 Å². The smallest absolute Gasteiger partial charge is 0.153 e. The van der Waals surface area contributed by atoms with Crippen molar-refractivity contribution in [3.63, 3.8) is 0 Å². The molecular formula is C12H9NO. The lowest BCUT2D eigenvalue weighted by Crippen LogP contribution is -2.13. The molecule has 2 nitrogen and oxygen atoms in total. The summed E-state index contributed by atoms with van der Waals surface area (Å²) >= 11 is 0. The molecule has 0 atom stereocenters. The van der Waals surface area contributed by atoms with Crippen molar-refractivity contribution in [2.24, 2.45) is 4.99 Å². The van der Waals surface area contributed by atoms with Gasteiger partial charge in [0.05, 0.1) is 5.71 Å². The zero-order valence-corrected chi connectivity index (χ0v) is 7.60. The van der Waals surface area contributed by atoms with Gasteiger partial charge in [0.2, 0.25) is 0 Å². The number of hydrogen-bond donors (Lipinski definition) is 0. The molecule has 0 fully saturated rings. The molecule has 0 spiro atoms. The highest BCUT2D eigenvalue weighted by atomic mass is 16.5. The van der Waals surface area contributed by atoms with Gasteiger partial charge in [-0.25, -0.2) is 4.99 Å². The Hall–Kier alpha value is -1.83. The molecule has 1 heterocycles. The Balaban J connectivity index is 2.15. The first-order valence-electron chi connectivity index (χ1n) is 4.65. The molecule has 0 saturated carbocycles. The maximum Gasteiger partial charge on any atom is 0.153 e. The van der Waals surface area contributed by atoms with Crippen molar-refractivity contribution in [2.45, 2.75) is 6.42 Å². The van der Waals surface area contributed by atoms with Crippen molar-refractivity contribution in [3.05, 3.63) is 48.3 Å². The molecule has 1 aliphatic carbocycles.